The van der Waals surface area contributed by atoms with E-state index in [1.807, 2.05) is 0 Å². The van der Waals surface area contributed by atoms with Gasteiger partial charge in [0.15, 0.2) is 5.82 Å². The summed E-state index contributed by atoms with van der Waals surface area (Å²) in [5.74, 6) is 0.0104. The fourth-order valence-corrected chi connectivity index (χ4v) is 1.53. The second-order valence-corrected chi connectivity index (χ2v) is 4.02. The smallest absolute Gasteiger partial charge is 0.232 e. The average molecular weight is 272 g/mol. The zero-order valence-corrected chi connectivity index (χ0v) is 9.96. The number of hydrogen-bond donors (Lipinski definition) is 2. The first-order chi connectivity index (χ1) is 8.15. The van der Waals surface area contributed by atoms with Crippen molar-refractivity contribution in [1.29, 1.82) is 0 Å². The number of carbonyl (C=O) groups excluding carboxylic acids is 1. The molecule has 17 heavy (non-hydrogen) atoms. The maximum absolute atomic E-state index is 11.6. The fourth-order valence-electron chi connectivity index (χ4n) is 1.19. The predicted molar refractivity (Wildman–Crippen MR) is 63.0 cm³/mol. The van der Waals surface area contributed by atoms with Crippen molar-refractivity contribution in [2.24, 2.45) is 0 Å². The lowest BCUT2D eigenvalue weighted by molar-refractivity contribution is -0.115. The summed E-state index contributed by atoms with van der Waals surface area (Å²) in [6, 6.07) is 4.81. The molecule has 0 aliphatic carbocycles. The topological polar surface area (TPSA) is 83.6 Å². The number of rotatable bonds is 3. The van der Waals surface area contributed by atoms with Gasteiger partial charge in [0.25, 0.3) is 0 Å². The highest BCUT2D eigenvalue weighted by molar-refractivity contribution is 6.35. The number of amides is 1. The average Bonchev–Trinajstić information content (AvgIpc) is 2.76. The summed E-state index contributed by atoms with van der Waals surface area (Å²) in [6.07, 6.45) is 0.0132. The SMILES string of the molecule is O=C(Cc1nn[nH]n1)Nc1cc(Cl)ccc1Cl. The molecule has 0 atom stereocenters. The number of hydrogen-bond acceptors (Lipinski definition) is 4. The summed E-state index contributed by atoms with van der Waals surface area (Å²) in [7, 11) is 0. The quantitative estimate of drug-likeness (QED) is 0.890. The lowest BCUT2D eigenvalue weighted by Gasteiger charge is -2.06. The maximum Gasteiger partial charge on any atom is 0.232 e. The van der Waals surface area contributed by atoms with Gasteiger partial charge in [0.2, 0.25) is 5.91 Å². The number of nitrogens with zero attached hydrogens (tertiary/aromatic N) is 3. The van der Waals surface area contributed by atoms with Crippen LogP contribution in [0, 0.1) is 0 Å². The fraction of sp³-hybridized carbons (Fsp3) is 0.111. The normalized spacial score (nSPS) is 10.2. The Balaban J connectivity index is 2.05. The summed E-state index contributed by atoms with van der Waals surface area (Å²) < 4.78 is 0. The van der Waals surface area contributed by atoms with Crippen LogP contribution in [0.4, 0.5) is 5.69 Å². The van der Waals surface area contributed by atoms with Crippen molar-refractivity contribution in [1.82, 2.24) is 20.6 Å². The third-order valence-corrected chi connectivity index (χ3v) is 2.48. The molecule has 0 bridgehead atoms. The summed E-state index contributed by atoms with van der Waals surface area (Å²) in [4.78, 5) is 11.6. The largest absolute Gasteiger partial charge is 0.324 e. The Hall–Kier alpha value is -1.66. The number of aromatic amines is 1. The molecular formula is C9H7Cl2N5O. The van der Waals surface area contributed by atoms with Crippen molar-refractivity contribution >= 4 is 34.8 Å². The van der Waals surface area contributed by atoms with Gasteiger partial charge in [-0.15, -0.1) is 10.2 Å². The van der Waals surface area contributed by atoms with Crippen LogP contribution in [0.25, 0.3) is 0 Å². The molecule has 8 heteroatoms. The Labute approximate surface area is 106 Å². The van der Waals surface area contributed by atoms with Crippen LogP contribution >= 0.6 is 23.2 Å². The molecule has 0 unspecified atom stereocenters. The molecule has 0 saturated carbocycles. The second-order valence-electron chi connectivity index (χ2n) is 3.18. The van der Waals surface area contributed by atoms with Crippen LogP contribution < -0.4 is 5.32 Å². The molecule has 0 fully saturated rings. The Kier molecular flexibility index (Phi) is 3.55. The van der Waals surface area contributed by atoms with Gasteiger partial charge >= 0.3 is 0 Å². The van der Waals surface area contributed by atoms with E-state index < -0.39 is 0 Å². The minimum atomic E-state index is -0.296. The van der Waals surface area contributed by atoms with Crippen LogP contribution in [0.1, 0.15) is 5.82 Å². The van der Waals surface area contributed by atoms with E-state index in [0.717, 1.165) is 0 Å². The molecule has 1 amide bonds. The van der Waals surface area contributed by atoms with E-state index in [1.54, 1.807) is 18.2 Å². The molecular weight excluding hydrogens is 265 g/mol. The van der Waals surface area contributed by atoms with Crippen LogP contribution in [0.5, 0.6) is 0 Å². The van der Waals surface area contributed by atoms with Crippen LogP contribution in [0.15, 0.2) is 18.2 Å². The van der Waals surface area contributed by atoms with Crippen LogP contribution in [0.2, 0.25) is 10.0 Å². The zero-order valence-electron chi connectivity index (χ0n) is 8.44. The Bertz CT molecular complexity index is 528. The molecule has 1 heterocycles. The van der Waals surface area contributed by atoms with Gasteiger partial charge in [-0.3, -0.25) is 4.79 Å². The molecule has 1 aromatic carbocycles. The molecule has 2 aromatic rings. The Morgan fingerprint density at radius 2 is 2.24 bits per heavy atom. The van der Waals surface area contributed by atoms with Crippen molar-refractivity contribution in [2.45, 2.75) is 6.42 Å². The Morgan fingerprint density at radius 3 is 2.94 bits per heavy atom. The van der Waals surface area contributed by atoms with Gasteiger partial charge in [0, 0.05) is 5.02 Å². The molecule has 0 spiro atoms. The van der Waals surface area contributed by atoms with Gasteiger partial charge in [-0.05, 0) is 18.2 Å². The van der Waals surface area contributed by atoms with Crippen molar-refractivity contribution in [2.75, 3.05) is 5.32 Å². The number of halogens is 2. The molecule has 2 N–H and O–H groups in total. The van der Waals surface area contributed by atoms with Crippen molar-refractivity contribution in [3.05, 3.63) is 34.1 Å². The number of anilines is 1. The van der Waals surface area contributed by atoms with Gasteiger partial charge in [0.1, 0.15) is 0 Å². The molecule has 1 aromatic heterocycles. The number of benzene rings is 1. The van der Waals surface area contributed by atoms with Gasteiger partial charge < -0.3 is 5.32 Å². The van der Waals surface area contributed by atoms with Crippen LogP contribution in [-0.4, -0.2) is 26.5 Å². The van der Waals surface area contributed by atoms with Crippen molar-refractivity contribution < 1.29 is 4.79 Å². The number of carbonyl (C=O) groups is 1. The summed E-state index contributed by atoms with van der Waals surface area (Å²) in [5.41, 5.74) is 0.452. The molecule has 2 rings (SSSR count). The predicted octanol–water partition coefficient (Wildman–Crippen LogP) is 1.69. The van der Waals surface area contributed by atoms with E-state index >= 15 is 0 Å². The first-order valence-electron chi connectivity index (χ1n) is 4.62. The molecule has 88 valence electrons. The van der Waals surface area contributed by atoms with Crippen molar-refractivity contribution in [3.63, 3.8) is 0 Å². The minimum Gasteiger partial charge on any atom is -0.324 e. The number of H-pyrrole nitrogens is 1. The zero-order chi connectivity index (χ0) is 12.3. The lowest BCUT2D eigenvalue weighted by Crippen LogP contribution is -2.15. The molecule has 0 aliphatic heterocycles. The molecule has 0 aliphatic rings. The van der Waals surface area contributed by atoms with Gasteiger partial charge in [-0.1, -0.05) is 28.4 Å². The summed E-state index contributed by atoms with van der Waals surface area (Å²) in [6.45, 7) is 0. The maximum atomic E-state index is 11.6. The first kappa shape index (κ1) is 11.8. The molecule has 6 nitrogen and oxygen atoms in total. The second kappa shape index (κ2) is 5.11. The molecule has 0 saturated heterocycles. The van der Waals surface area contributed by atoms with E-state index in [2.05, 4.69) is 25.9 Å². The molecule has 0 radical (unpaired) electrons. The minimum absolute atomic E-state index is 0.0132. The number of nitrogens with one attached hydrogen (secondary N) is 2. The third kappa shape index (κ3) is 3.15. The van der Waals surface area contributed by atoms with Crippen LogP contribution in [-0.2, 0) is 11.2 Å². The first-order valence-corrected chi connectivity index (χ1v) is 5.38. The van der Waals surface area contributed by atoms with Crippen molar-refractivity contribution in [3.8, 4) is 0 Å². The standard InChI is InChI=1S/C9H7Cl2N5O/c10-5-1-2-6(11)7(3-5)12-9(17)4-8-13-15-16-14-8/h1-3H,4H2,(H,12,17)(H,13,14,15,16). The third-order valence-electron chi connectivity index (χ3n) is 1.91. The highest BCUT2D eigenvalue weighted by Gasteiger charge is 2.09. The van der Waals surface area contributed by atoms with E-state index in [1.165, 1.54) is 0 Å². The highest BCUT2D eigenvalue weighted by Crippen LogP contribution is 2.25. The Morgan fingerprint density at radius 1 is 1.41 bits per heavy atom. The summed E-state index contributed by atoms with van der Waals surface area (Å²) >= 11 is 11.7. The van der Waals surface area contributed by atoms with Gasteiger partial charge in [-0.2, -0.15) is 5.21 Å². The lowest BCUT2D eigenvalue weighted by atomic mass is 10.3. The van der Waals surface area contributed by atoms with Gasteiger partial charge in [0.05, 0.1) is 17.1 Å². The monoisotopic (exact) mass is 271 g/mol. The number of aromatic nitrogens is 4. The van der Waals surface area contributed by atoms with E-state index in [0.29, 0.717) is 21.6 Å². The highest BCUT2D eigenvalue weighted by atomic mass is 35.5. The number of tetrazole rings is 1. The van der Waals surface area contributed by atoms with E-state index in [9.17, 15) is 4.79 Å². The summed E-state index contributed by atoms with van der Waals surface area (Å²) in [5, 5.41) is 16.5. The van der Waals surface area contributed by atoms with Gasteiger partial charge in [-0.25, -0.2) is 0 Å². The van der Waals surface area contributed by atoms with E-state index in [4.69, 9.17) is 23.2 Å². The van der Waals surface area contributed by atoms with E-state index in [-0.39, 0.29) is 12.3 Å². The van der Waals surface area contributed by atoms with Crippen LogP contribution in [0.3, 0.4) is 0 Å².